The molecule has 0 heterocycles. The predicted octanol–water partition coefficient (Wildman–Crippen LogP) is 3.72. The molecule has 4 nitrogen and oxygen atoms in total. The molecular weight excluding hydrogens is 244 g/mol. The zero-order chi connectivity index (χ0) is 15.3. The lowest BCUT2D eigenvalue weighted by molar-refractivity contribution is -0.142. The number of carboxylic acid groups (broad SMARTS) is 1. The molecule has 0 aliphatic heterocycles. The Kier molecular flexibility index (Phi) is 13.4. The number of carbonyl (C=O) groups excluding carboxylic acids is 1. The second kappa shape index (κ2) is 12.9. The van der Waals surface area contributed by atoms with Gasteiger partial charge in [-0.25, -0.2) is 9.59 Å². The predicted molar refractivity (Wildman–Crippen MR) is 77.0 cm³/mol. The van der Waals surface area contributed by atoms with Gasteiger partial charge in [0.05, 0.1) is 6.10 Å². The Labute approximate surface area is 116 Å². The molecule has 0 aromatic heterocycles. The van der Waals surface area contributed by atoms with E-state index in [2.05, 4.69) is 13.5 Å². The third-order valence-electron chi connectivity index (χ3n) is 2.10. The van der Waals surface area contributed by atoms with Gasteiger partial charge >= 0.3 is 11.9 Å². The Balaban J connectivity index is 0. The topological polar surface area (TPSA) is 63.6 Å². The van der Waals surface area contributed by atoms with Crippen molar-refractivity contribution in [3.63, 3.8) is 0 Å². The van der Waals surface area contributed by atoms with Crippen molar-refractivity contribution < 1.29 is 19.4 Å². The van der Waals surface area contributed by atoms with E-state index in [0.717, 1.165) is 24.5 Å². The highest BCUT2D eigenvalue weighted by Crippen LogP contribution is 2.05. The number of carbonyl (C=O) groups is 2. The minimum absolute atomic E-state index is 0.0264. The fourth-order valence-corrected chi connectivity index (χ4v) is 1.10. The van der Waals surface area contributed by atoms with Crippen LogP contribution in [0.3, 0.4) is 0 Å². The van der Waals surface area contributed by atoms with Gasteiger partial charge in [-0.3, -0.25) is 0 Å². The van der Waals surface area contributed by atoms with Gasteiger partial charge in [-0.05, 0) is 33.6 Å². The maximum absolute atomic E-state index is 11.3. The second-order valence-electron chi connectivity index (χ2n) is 4.38. The summed E-state index contributed by atoms with van der Waals surface area (Å²) in [7, 11) is 0. The first-order chi connectivity index (χ1) is 8.84. The van der Waals surface area contributed by atoms with Crippen LogP contribution in [0.15, 0.2) is 24.3 Å². The summed E-state index contributed by atoms with van der Waals surface area (Å²) < 4.78 is 5.06. The molecule has 0 saturated carbocycles. The number of carboxylic acids is 1. The molecular formula is C15H26O4. The molecule has 0 bridgehead atoms. The third-order valence-corrected chi connectivity index (χ3v) is 2.10. The standard InChI is InChI=1S/C12H22O2.C3H4O2/c1-5-6-7-8-9-11(4)12(13)14-10(2)3;1-2-3(4)5/h9-10H,5-8H2,1-4H3;2H,1H2,(H,4,5). The number of allylic oxidation sites excluding steroid dienone is 1. The first-order valence-corrected chi connectivity index (χ1v) is 6.58. The zero-order valence-electron chi connectivity index (χ0n) is 12.4. The lowest BCUT2D eigenvalue weighted by Gasteiger charge is -2.07. The van der Waals surface area contributed by atoms with Crippen molar-refractivity contribution in [1.82, 2.24) is 0 Å². The number of ether oxygens (including phenoxy) is 1. The van der Waals surface area contributed by atoms with Crippen LogP contribution in [0.4, 0.5) is 0 Å². The van der Waals surface area contributed by atoms with Gasteiger partial charge in [-0.15, -0.1) is 0 Å². The van der Waals surface area contributed by atoms with E-state index < -0.39 is 5.97 Å². The number of hydrogen-bond donors (Lipinski definition) is 1. The summed E-state index contributed by atoms with van der Waals surface area (Å²) in [6.45, 7) is 10.7. The Hall–Kier alpha value is -1.58. The van der Waals surface area contributed by atoms with Crippen molar-refractivity contribution in [3.05, 3.63) is 24.3 Å². The highest BCUT2D eigenvalue weighted by atomic mass is 16.5. The minimum Gasteiger partial charge on any atom is -0.478 e. The van der Waals surface area contributed by atoms with Crippen molar-refractivity contribution in [2.45, 2.75) is 59.5 Å². The maximum Gasteiger partial charge on any atom is 0.333 e. The van der Waals surface area contributed by atoms with E-state index in [1.165, 1.54) is 12.8 Å². The van der Waals surface area contributed by atoms with Crippen LogP contribution in [0.1, 0.15) is 53.4 Å². The summed E-state index contributed by atoms with van der Waals surface area (Å²) in [5, 5.41) is 7.60. The summed E-state index contributed by atoms with van der Waals surface area (Å²) in [5.41, 5.74) is 0.731. The first kappa shape index (κ1) is 19.8. The molecule has 0 aliphatic rings. The fraction of sp³-hybridized carbons (Fsp3) is 0.600. The van der Waals surface area contributed by atoms with Crippen LogP contribution < -0.4 is 0 Å². The van der Waals surface area contributed by atoms with E-state index in [1.54, 1.807) is 0 Å². The molecule has 0 saturated heterocycles. The summed E-state index contributed by atoms with van der Waals surface area (Å²) in [4.78, 5) is 20.6. The van der Waals surface area contributed by atoms with Gasteiger partial charge in [0, 0.05) is 11.6 Å². The number of hydrogen-bond acceptors (Lipinski definition) is 3. The second-order valence-corrected chi connectivity index (χ2v) is 4.38. The van der Waals surface area contributed by atoms with Crippen LogP contribution in [0.5, 0.6) is 0 Å². The van der Waals surface area contributed by atoms with Crippen LogP contribution in [-0.4, -0.2) is 23.1 Å². The lowest BCUT2D eigenvalue weighted by atomic mass is 10.1. The molecule has 0 aliphatic carbocycles. The van der Waals surface area contributed by atoms with Gasteiger partial charge in [-0.2, -0.15) is 0 Å². The molecule has 1 N–H and O–H groups in total. The quantitative estimate of drug-likeness (QED) is 0.435. The van der Waals surface area contributed by atoms with Crippen LogP contribution in [0, 0.1) is 0 Å². The molecule has 0 unspecified atom stereocenters. The van der Waals surface area contributed by atoms with E-state index in [0.29, 0.717) is 0 Å². The highest BCUT2D eigenvalue weighted by molar-refractivity contribution is 5.87. The minimum atomic E-state index is -0.981. The third kappa shape index (κ3) is 16.4. The lowest BCUT2D eigenvalue weighted by Crippen LogP contribution is -2.12. The Morgan fingerprint density at radius 3 is 2.21 bits per heavy atom. The summed E-state index contributed by atoms with van der Waals surface area (Å²) in [6.07, 6.45) is 7.35. The van der Waals surface area contributed by atoms with Crippen LogP contribution in [0.2, 0.25) is 0 Å². The van der Waals surface area contributed by atoms with Gasteiger partial charge in [0.15, 0.2) is 0 Å². The van der Waals surface area contributed by atoms with Crippen molar-refractivity contribution in [3.8, 4) is 0 Å². The van der Waals surface area contributed by atoms with Crippen LogP contribution in [-0.2, 0) is 14.3 Å². The van der Waals surface area contributed by atoms with E-state index in [9.17, 15) is 9.59 Å². The largest absolute Gasteiger partial charge is 0.478 e. The van der Waals surface area contributed by atoms with Gasteiger partial charge in [-0.1, -0.05) is 32.4 Å². The fourth-order valence-electron chi connectivity index (χ4n) is 1.10. The van der Waals surface area contributed by atoms with E-state index in [1.807, 2.05) is 26.8 Å². The number of unbranched alkanes of at least 4 members (excludes halogenated alkanes) is 3. The summed E-state index contributed by atoms with van der Waals surface area (Å²) in [5.74, 6) is -1.17. The van der Waals surface area contributed by atoms with Gasteiger partial charge in [0.25, 0.3) is 0 Å². The Bertz CT molecular complexity index is 303. The summed E-state index contributed by atoms with van der Waals surface area (Å²) in [6, 6.07) is 0. The number of esters is 1. The van der Waals surface area contributed by atoms with Crippen LogP contribution >= 0.6 is 0 Å². The van der Waals surface area contributed by atoms with Crippen LogP contribution in [0.25, 0.3) is 0 Å². The molecule has 0 aromatic carbocycles. The molecule has 0 fully saturated rings. The summed E-state index contributed by atoms with van der Waals surface area (Å²) >= 11 is 0. The van der Waals surface area contributed by atoms with E-state index in [4.69, 9.17) is 9.84 Å². The van der Waals surface area contributed by atoms with Crippen molar-refractivity contribution in [2.75, 3.05) is 0 Å². The Morgan fingerprint density at radius 1 is 1.32 bits per heavy atom. The number of rotatable bonds is 7. The molecule has 0 spiro atoms. The SMILES string of the molecule is C=CC(=O)O.CCCCCC=C(C)C(=O)OC(C)C. The van der Waals surface area contributed by atoms with Gasteiger partial charge < -0.3 is 9.84 Å². The molecule has 0 aromatic rings. The average Bonchev–Trinajstić information content (AvgIpc) is 2.34. The molecule has 0 radical (unpaired) electrons. The number of aliphatic carboxylic acids is 1. The highest BCUT2D eigenvalue weighted by Gasteiger charge is 2.06. The van der Waals surface area contributed by atoms with Gasteiger partial charge in [0.1, 0.15) is 0 Å². The van der Waals surface area contributed by atoms with E-state index >= 15 is 0 Å². The first-order valence-electron chi connectivity index (χ1n) is 6.58. The monoisotopic (exact) mass is 270 g/mol. The van der Waals surface area contributed by atoms with Gasteiger partial charge in [0.2, 0.25) is 0 Å². The normalized spacial score (nSPS) is 10.5. The molecule has 0 atom stereocenters. The van der Waals surface area contributed by atoms with Crippen molar-refractivity contribution in [1.29, 1.82) is 0 Å². The zero-order valence-corrected chi connectivity index (χ0v) is 12.4. The molecule has 19 heavy (non-hydrogen) atoms. The van der Waals surface area contributed by atoms with E-state index in [-0.39, 0.29) is 12.1 Å². The average molecular weight is 270 g/mol. The Morgan fingerprint density at radius 2 is 1.84 bits per heavy atom. The van der Waals surface area contributed by atoms with Crippen molar-refractivity contribution in [2.24, 2.45) is 0 Å². The molecule has 0 amide bonds. The van der Waals surface area contributed by atoms with Crippen molar-refractivity contribution >= 4 is 11.9 Å². The molecule has 110 valence electrons. The maximum atomic E-state index is 11.3. The molecule has 4 heteroatoms. The molecule has 0 rings (SSSR count). The smallest absolute Gasteiger partial charge is 0.333 e.